The minimum absolute atomic E-state index is 0.0211. The van der Waals surface area contributed by atoms with E-state index in [0.717, 1.165) is 32.1 Å². The lowest BCUT2D eigenvalue weighted by atomic mass is 9.53. The van der Waals surface area contributed by atoms with Crippen molar-refractivity contribution in [3.05, 3.63) is 34.9 Å². The van der Waals surface area contributed by atoms with Crippen molar-refractivity contribution in [2.45, 2.75) is 51.9 Å². The van der Waals surface area contributed by atoms with Crippen LogP contribution in [0.15, 0.2) is 23.8 Å². The van der Waals surface area contributed by atoms with Crippen LogP contribution < -0.4 is 9.88 Å². The lowest BCUT2D eigenvalue weighted by Gasteiger charge is -2.51. The Hall–Kier alpha value is -1.57. The van der Waals surface area contributed by atoms with Crippen LogP contribution in [0.2, 0.25) is 0 Å². The number of phenolic OH excluding ortho intramolecular Hbond substituents is 1. The number of phenols is 1. The van der Waals surface area contributed by atoms with E-state index in [2.05, 4.69) is 13.0 Å². The van der Waals surface area contributed by atoms with Gasteiger partial charge in [-0.05, 0) is 78.5 Å². The number of nitrogens with two attached hydrogens (primary N) is 1. The van der Waals surface area contributed by atoms with E-state index in [9.17, 15) is 13.5 Å². The predicted molar refractivity (Wildman–Crippen MR) is 111 cm³/mol. The number of fused-ring (bicyclic) bond motifs is 5. The van der Waals surface area contributed by atoms with Gasteiger partial charge in [-0.15, -0.1) is 0 Å². The molecule has 0 bridgehead atoms. The Morgan fingerprint density at radius 3 is 2.79 bits per heavy atom. The van der Waals surface area contributed by atoms with Gasteiger partial charge in [0.1, 0.15) is 0 Å². The minimum Gasteiger partial charge on any atom is -0.504 e. The first kappa shape index (κ1) is 20.7. The van der Waals surface area contributed by atoms with Gasteiger partial charge in [-0.2, -0.15) is 8.42 Å². The predicted octanol–water partition coefficient (Wildman–Crippen LogP) is 3.65. The van der Waals surface area contributed by atoms with Crippen LogP contribution in [0.3, 0.4) is 0 Å². The minimum atomic E-state index is -3.92. The van der Waals surface area contributed by atoms with E-state index in [4.69, 9.17) is 14.1 Å². The molecule has 0 spiro atoms. The van der Waals surface area contributed by atoms with E-state index < -0.39 is 10.3 Å². The lowest BCUT2D eigenvalue weighted by Crippen LogP contribution is -2.42. The number of ether oxygens (including phenoxy) is 1. The number of methoxy groups -OCH3 is 1. The van der Waals surface area contributed by atoms with Crippen LogP contribution in [0, 0.1) is 23.2 Å². The fourth-order valence-corrected chi connectivity index (χ4v) is 6.80. The first-order chi connectivity index (χ1) is 13.6. The van der Waals surface area contributed by atoms with E-state index in [1.165, 1.54) is 16.7 Å². The van der Waals surface area contributed by atoms with Crippen LogP contribution in [-0.4, -0.2) is 27.2 Å². The number of aromatic hydroxyl groups is 1. The fourth-order valence-electron chi connectivity index (χ4n) is 6.40. The zero-order chi connectivity index (χ0) is 21.0. The summed E-state index contributed by atoms with van der Waals surface area (Å²) in [6, 6.07) is 3.92. The summed E-state index contributed by atoms with van der Waals surface area (Å²) in [5.41, 5.74) is 3.96. The summed E-state index contributed by atoms with van der Waals surface area (Å²) in [5.74, 6) is 2.40. The molecule has 1 fully saturated rings. The summed E-state index contributed by atoms with van der Waals surface area (Å²) in [6.07, 6.45) is 7.58. The third kappa shape index (κ3) is 3.57. The number of hydrogen-bond acceptors (Lipinski definition) is 5. The topological polar surface area (TPSA) is 98.8 Å². The highest BCUT2D eigenvalue weighted by Crippen LogP contribution is 2.62. The highest BCUT2D eigenvalue weighted by atomic mass is 32.2. The van der Waals surface area contributed by atoms with Gasteiger partial charge >= 0.3 is 10.3 Å². The Morgan fingerprint density at radius 1 is 1.34 bits per heavy atom. The second-order valence-corrected chi connectivity index (χ2v) is 10.4. The number of aryl methyl sites for hydroxylation is 1. The van der Waals surface area contributed by atoms with Crippen LogP contribution in [0.4, 0.5) is 0 Å². The van der Waals surface area contributed by atoms with Gasteiger partial charge < -0.3 is 9.84 Å². The fraction of sp³-hybridized carbons (Fsp3) is 0.636. The monoisotopic (exact) mass is 421 g/mol. The van der Waals surface area contributed by atoms with Crippen molar-refractivity contribution in [2.24, 2.45) is 28.3 Å². The number of rotatable bonds is 5. The van der Waals surface area contributed by atoms with Gasteiger partial charge in [0, 0.05) is 5.92 Å². The number of hydrogen-bond donors (Lipinski definition) is 2. The highest BCUT2D eigenvalue weighted by molar-refractivity contribution is 7.84. The third-order valence-electron chi connectivity index (χ3n) is 7.68. The van der Waals surface area contributed by atoms with Gasteiger partial charge in [0.25, 0.3) is 0 Å². The molecule has 4 rings (SSSR count). The van der Waals surface area contributed by atoms with Crippen molar-refractivity contribution in [1.29, 1.82) is 0 Å². The molecule has 0 heterocycles. The van der Waals surface area contributed by atoms with Gasteiger partial charge in [-0.25, -0.2) is 5.14 Å². The Balaban J connectivity index is 1.57. The molecule has 0 saturated heterocycles. The first-order valence-electron chi connectivity index (χ1n) is 10.4. The van der Waals surface area contributed by atoms with E-state index in [-0.39, 0.29) is 23.7 Å². The van der Waals surface area contributed by atoms with Crippen LogP contribution in [0.5, 0.6) is 11.5 Å². The van der Waals surface area contributed by atoms with Crippen molar-refractivity contribution in [3.63, 3.8) is 0 Å². The van der Waals surface area contributed by atoms with E-state index in [1.807, 2.05) is 19.1 Å². The Kier molecular flexibility index (Phi) is 5.20. The quantitative estimate of drug-likeness (QED) is 0.707. The van der Waals surface area contributed by atoms with Crippen LogP contribution in [0.1, 0.15) is 56.6 Å². The second kappa shape index (κ2) is 7.29. The second-order valence-electron chi connectivity index (χ2n) is 9.17. The molecule has 3 N–H and O–H groups in total. The number of benzene rings is 1. The number of allylic oxidation sites excluding steroid dienone is 1. The molecule has 0 radical (unpaired) electrons. The molecule has 1 aromatic rings. The molecule has 1 saturated carbocycles. The summed E-state index contributed by atoms with van der Waals surface area (Å²) in [6.45, 7) is 4.47. The molecule has 0 amide bonds. The Morgan fingerprint density at radius 2 is 2.10 bits per heavy atom. The van der Waals surface area contributed by atoms with Crippen LogP contribution in [-0.2, 0) is 20.9 Å². The zero-order valence-electron chi connectivity index (χ0n) is 17.3. The molecular formula is C22H31NO5S. The SMILES string of the molecule is COc1cc2c(cc1O)CCC1C2CC[C@]2(C)C([C@H](C)COS(N)(=O)=O)=CCC12. The molecule has 0 aromatic heterocycles. The average Bonchev–Trinajstić information content (AvgIpc) is 3.02. The van der Waals surface area contributed by atoms with Crippen molar-refractivity contribution in [1.82, 2.24) is 0 Å². The van der Waals surface area contributed by atoms with Gasteiger partial charge in [0.05, 0.1) is 13.7 Å². The largest absolute Gasteiger partial charge is 0.504 e. The Bertz CT molecular complexity index is 941. The summed E-state index contributed by atoms with van der Waals surface area (Å²) in [4.78, 5) is 0. The summed E-state index contributed by atoms with van der Waals surface area (Å²) >= 11 is 0. The highest BCUT2D eigenvalue weighted by Gasteiger charge is 2.52. The molecule has 6 nitrogen and oxygen atoms in total. The van der Waals surface area contributed by atoms with Crippen molar-refractivity contribution < 1.29 is 22.4 Å². The van der Waals surface area contributed by atoms with E-state index in [1.54, 1.807) is 7.11 Å². The van der Waals surface area contributed by atoms with E-state index in [0.29, 0.717) is 23.5 Å². The maximum atomic E-state index is 11.2. The standard InChI is InChI=1S/C22H31NO5S/c1-13(12-28-29(23,25)26)18-6-7-19-16-5-4-14-10-20(24)21(27-3)11-17(14)15(16)8-9-22(18,19)2/h6,10-11,13,15-16,19,24H,4-5,7-9,12H2,1-3H3,(H2,23,25,26)/t13-,15?,16?,19?,22-/m1/s1. The van der Waals surface area contributed by atoms with E-state index >= 15 is 0 Å². The summed E-state index contributed by atoms with van der Waals surface area (Å²) in [5, 5.41) is 15.2. The molecule has 3 unspecified atom stereocenters. The molecule has 29 heavy (non-hydrogen) atoms. The average molecular weight is 422 g/mol. The maximum Gasteiger partial charge on any atom is 0.333 e. The smallest absolute Gasteiger partial charge is 0.333 e. The van der Waals surface area contributed by atoms with Crippen molar-refractivity contribution >= 4 is 10.3 Å². The Labute approximate surface area is 173 Å². The molecule has 0 aliphatic heterocycles. The van der Waals surface area contributed by atoms with Crippen LogP contribution in [0.25, 0.3) is 0 Å². The molecule has 3 aliphatic rings. The normalized spacial score (nSPS) is 32.0. The van der Waals surface area contributed by atoms with Gasteiger partial charge in [-0.1, -0.05) is 25.5 Å². The zero-order valence-corrected chi connectivity index (χ0v) is 18.2. The summed E-state index contributed by atoms with van der Waals surface area (Å²) in [7, 11) is -2.32. The third-order valence-corrected chi connectivity index (χ3v) is 8.14. The lowest BCUT2D eigenvalue weighted by molar-refractivity contribution is 0.0664. The molecule has 1 aromatic carbocycles. The summed E-state index contributed by atoms with van der Waals surface area (Å²) < 4.78 is 32.7. The van der Waals surface area contributed by atoms with Crippen molar-refractivity contribution in [2.75, 3.05) is 13.7 Å². The molecule has 5 atom stereocenters. The molecule has 7 heteroatoms. The molecular weight excluding hydrogens is 390 g/mol. The van der Waals surface area contributed by atoms with Gasteiger partial charge in [-0.3, -0.25) is 4.18 Å². The molecule has 3 aliphatic carbocycles. The van der Waals surface area contributed by atoms with Crippen LogP contribution >= 0.6 is 0 Å². The van der Waals surface area contributed by atoms with Gasteiger partial charge in [0.15, 0.2) is 11.5 Å². The first-order valence-corrected chi connectivity index (χ1v) is 11.9. The van der Waals surface area contributed by atoms with Crippen molar-refractivity contribution in [3.8, 4) is 11.5 Å². The van der Waals surface area contributed by atoms with Gasteiger partial charge in [0.2, 0.25) is 0 Å². The maximum absolute atomic E-state index is 11.2. The molecule has 160 valence electrons.